The first-order valence-electron chi connectivity index (χ1n) is 7.41. The summed E-state index contributed by atoms with van der Waals surface area (Å²) >= 11 is 0. The second-order valence-electron chi connectivity index (χ2n) is 5.31. The number of nitrogens with two attached hydrogens (primary N) is 1. The molecule has 116 valence electrons. The molecule has 1 aliphatic heterocycles. The molecule has 21 heavy (non-hydrogen) atoms. The molecule has 1 aliphatic rings. The summed E-state index contributed by atoms with van der Waals surface area (Å²) in [6, 6.07) is 3.49. The van der Waals surface area contributed by atoms with E-state index in [1.165, 1.54) is 0 Å². The number of amides is 1. The van der Waals surface area contributed by atoms with Crippen LogP contribution in [0.4, 0.5) is 0 Å². The van der Waals surface area contributed by atoms with Crippen LogP contribution >= 0.6 is 0 Å². The van der Waals surface area contributed by atoms with Gasteiger partial charge in [0.25, 0.3) is 0 Å². The number of hydrogen-bond acceptors (Lipinski definition) is 5. The molecule has 0 aromatic carbocycles. The van der Waals surface area contributed by atoms with Crippen molar-refractivity contribution >= 4 is 5.91 Å². The second-order valence-corrected chi connectivity index (χ2v) is 5.31. The predicted molar refractivity (Wildman–Crippen MR) is 80.6 cm³/mol. The summed E-state index contributed by atoms with van der Waals surface area (Å²) in [6.07, 6.45) is 3.51. The summed E-state index contributed by atoms with van der Waals surface area (Å²) in [4.78, 5) is 18.5. The summed E-state index contributed by atoms with van der Waals surface area (Å²) in [6.45, 7) is 6.20. The Morgan fingerprint density at radius 1 is 1.57 bits per heavy atom. The Labute approximate surface area is 125 Å². The molecule has 0 bridgehead atoms. The molecule has 1 fully saturated rings. The van der Waals surface area contributed by atoms with Gasteiger partial charge in [-0.15, -0.1) is 0 Å². The maximum Gasteiger partial charge on any atom is 0.239 e. The molecule has 3 unspecified atom stereocenters. The highest BCUT2D eigenvalue weighted by molar-refractivity contribution is 5.82. The smallest absolute Gasteiger partial charge is 0.239 e. The number of ether oxygens (including phenoxy) is 1. The number of morpholine rings is 1. The number of hydrogen-bond donors (Lipinski definition) is 2. The van der Waals surface area contributed by atoms with Gasteiger partial charge in [-0.2, -0.15) is 0 Å². The minimum absolute atomic E-state index is 0.00286. The van der Waals surface area contributed by atoms with Crippen molar-refractivity contribution in [2.75, 3.05) is 26.3 Å². The normalized spacial score (nSPS) is 22.5. The topological polar surface area (TPSA) is 80.5 Å². The molecule has 0 radical (unpaired) electrons. The van der Waals surface area contributed by atoms with E-state index in [1.807, 2.05) is 26.0 Å². The van der Waals surface area contributed by atoms with Gasteiger partial charge >= 0.3 is 0 Å². The highest BCUT2D eigenvalue weighted by Gasteiger charge is 2.36. The van der Waals surface area contributed by atoms with Gasteiger partial charge in [0, 0.05) is 31.5 Å². The fourth-order valence-corrected chi connectivity index (χ4v) is 2.83. The summed E-state index contributed by atoms with van der Waals surface area (Å²) in [7, 11) is 0. The van der Waals surface area contributed by atoms with Crippen LogP contribution in [0.2, 0.25) is 0 Å². The average molecular weight is 292 g/mol. The molecule has 2 rings (SSSR count). The van der Waals surface area contributed by atoms with Gasteiger partial charge in [-0.3, -0.25) is 14.7 Å². The van der Waals surface area contributed by atoms with E-state index in [9.17, 15) is 4.79 Å². The third kappa shape index (κ3) is 3.78. The van der Waals surface area contributed by atoms with Crippen molar-refractivity contribution in [1.29, 1.82) is 0 Å². The van der Waals surface area contributed by atoms with Gasteiger partial charge in [-0.25, -0.2) is 0 Å². The molecule has 1 amide bonds. The lowest BCUT2D eigenvalue weighted by molar-refractivity contribution is -0.135. The van der Waals surface area contributed by atoms with Crippen molar-refractivity contribution in [3.05, 3.63) is 30.1 Å². The molecule has 6 heteroatoms. The molecule has 6 nitrogen and oxygen atoms in total. The molecule has 3 N–H and O–H groups in total. The van der Waals surface area contributed by atoms with Gasteiger partial charge in [-0.05, 0) is 31.5 Å². The van der Waals surface area contributed by atoms with Crippen LogP contribution in [-0.2, 0) is 9.53 Å². The van der Waals surface area contributed by atoms with Gasteiger partial charge in [0.2, 0.25) is 5.91 Å². The summed E-state index contributed by atoms with van der Waals surface area (Å²) in [5, 5.41) is 2.88. The van der Waals surface area contributed by atoms with Crippen LogP contribution in [0.1, 0.15) is 25.5 Å². The third-order valence-corrected chi connectivity index (χ3v) is 3.73. The van der Waals surface area contributed by atoms with Gasteiger partial charge in [0.1, 0.15) is 6.04 Å². The molecule has 3 atom stereocenters. The Bertz CT molecular complexity index is 452. The van der Waals surface area contributed by atoms with E-state index in [1.54, 1.807) is 12.4 Å². The van der Waals surface area contributed by atoms with Crippen molar-refractivity contribution in [3.63, 3.8) is 0 Å². The second kappa shape index (κ2) is 7.49. The van der Waals surface area contributed by atoms with E-state index in [-0.39, 0.29) is 24.0 Å². The SMILES string of the molecule is CCNC(=O)C1COCCN1C(c1ccncc1)C(C)N. The summed E-state index contributed by atoms with van der Waals surface area (Å²) < 4.78 is 5.49. The Morgan fingerprint density at radius 2 is 2.29 bits per heavy atom. The van der Waals surface area contributed by atoms with Gasteiger partial charge in [0.15, 0.2) is 0 Å². The van der Waals surface area contributed by atoms with Crippen LogP contribution < -0.4 is 11.1 Å². The van der Waals surface area contributed by atoms with E-state index in [0.717, 1.165) is 5.56 Å². The molecule has 0 spiro atoms. The van der Waals surface area contributed by atoms with Crippen LogP contribution in [-0.4, -0.2) is 54.2 Å². The minimum Gasteiger partial charge on any atom is -0.378 e. The number of carbonyl (C=O) groups is 1. The molecule has 1 aromatic rings. The lowest BCUT2D eigenvalue weighted by Crippen LogP contribution is -2.57. The molecule has 0 saturated carbocycles. The first-order valence-corrected chi connectivity index (χ1v) is 7.41. The molecule has 2 heterocycles. The van der Waals surface area contributed by atoms with Crippen molar-refractivity contribution < 1.29 is 9.53 Å². The van der Waals surface area contributed by atoms with Crippen LogP contribution in [0, 0.1) is 0 Å². The van der Waals surface area contributed by atoms with Crippen molar-refractivity contribution in [2.45, 2.75) is 32.0 Å². The van der Waals surface area contributed by atoms with E-state index in [4.69, 9.17) is 10.5 Å². The summed E-state index contributed by atoms with van der Waals surface area (Å²) in [5.74, 6) is -0.00286. The van der Waals surface area contributed by atoms with Crippen LogP contribution in [0.15, 0.2) is 24.5 Å². The maximum absolute atomic E-state index is 12.3. The Kier molecular flexibility index (Phi) is 5.67. The highest BCUT2D eigenvalue weighted by atomic mass is 16.5. The zero-order valence-corrected chi connectivity index (χ0v) is 12.7. The lowest BCUT2D eigenvalue weighted by Gasteiger charge is -2.41. The quantitative estimate of drug-likeness (QED) is 0.816. The average Bonchev–Trinajstić information content (AvgIpc) is 2.49. The molecular formula is C15H24N4O2. The number of likely N-dealkylation sites (N-methyl/N-ethyl adjacent to an activating group) is 1. The zero-order valence-electron chi connectivity index (χ0n) is 12.7. The highest BCUT2D eigenvalue weighted by Crippen LogP contribution is 2.27. The Morgan fingerprint density at radius 3 is 2.90 bits per heavy atom. The fourth-order valence-electron chi connectivity index (χ4n) is 2.83. The lowest BCUT2D eigenvalue weighted by atomic mass is 9.97. The number of nitrogens with zero attached hydrogens (tertiary/aromatic N) is 2. The van der Waals surface area contributed by atoms with Gasteiger partial charge in [0.05, 0.1) is 19.3 Å². The summed E-state index contributed by atoms with van der Waals surface area (Å²) in [5.41, 5.74) is 7.28. The van der Waals surface area contributed by atoms with E-state index in [0.29, 0.717) is 26.3 Å². The fraction of sp³-hybridized carbons (Fsp3) is 0.600. The Hall–Kier alpha value is -1.50. The van der Waals surface area contributed by atoms with E-state index < -0.39 is 0 Å². The Balaban J connectivity index is 2.26. The number of carbonyl (C=O) groups excluding carboxylic acids is 1. The first-order chi connectivity index (χ1) is 10.1. The third-order valence-electron chi connectivity index (χ3n) is 3.73. The van der Waals surface area contributed by atoms with Crippen molar-refractivity contribution in [3.8, 4) is 0 Å². The number of pyridine rings is 1. The molecule has 0 aliphatic carbocycles. The van der Waals surface area contributed by atoms with Crippen LogP contribution in [0.3, 0.4) is 0 Å². The van der Waals surface area contributed by atoms with Gasteiger partial charge < -0.3 is 15.8 Å². The largest absolute Gasteiger partial charge is 0.378 e. The zero-order chi connectivity index (χ0) is 15.2. The predicted octanol–water partition coefficient (Wildman–Crippen LogP) is 0.307. The maximum atomic E-state index is 12.3. The molecular weight excluding hydrogens is 268 g/mol. The number of nitrogens with one attached hydrogen (secondary N) is 1. The monoisotopic (exact) mass is 292 g/mol. The minimum atomic E-state index is -0.303. The van der Waals surface area contributed by atoms with Gasteiger partial charge in [-0.1, -0.05) is 0 Å². The number of aromatic nitrogens is 1. The molecule has 1 saturated heterocycles. The van der Waals surface area contributed by atoms with Crippen molar-refractivity contribution in [2.24, 2.45) is 5.73 Å². The number of rotatable bonds is 5. The van der Waals surface area contributed by atoms with E-state index in [2.05, 4.69) is 15.2 Å². The van der Waals surface area contributed by atoms with Crippen LogP contribution in [0.25, 0.3) is 0 Å². The van der Waals surface area contributed by atoms with Crippen molar-refractivity contribution in [1.82, 2.24) is 15.2 Å². The first kappa shape index (κ1) is 15.9. The molecule has 1 aromatic heterocycles. The standard InChI is InChI=1S/C15H24N4O2/c1-3-18-15(20)13-10-21-9-8-19(13)14(11(2)16)12-4-6-17-7-5-12/h4-7,11,13-14H,3,8-10,16H2,1-2H3,(H,18,20). The van der Waals surface area contributed by atoms with Crippen LogP contribution in [0.5, 0.6) is 0 Å². The van der Waals surface area contributed by atoms with E-state index >= 15 is 0 Å².